The quantitative estimate of drug-likeness (QED) is 0.749. The minimum absolute atomic E-state index is 0.0495. The molecule has 5 nitrogen and oxygen atoms in total. The van der Waals surface area contributed by atoms with Crippen LogP contribution in [0, 0.1) is 0 Å². The standard InChI is InChI=1S/C16H29N3O2/c1-4-16(5-2)10-14(6-8-21-16)19-13-18-12-15(19)11-17-7-9-20-3/h12-14,17H,4-11H2,1-3H3. The van der Waals surface area contributed by atoms with Crippen molar-refractivity contribution in [3.63, 3.8) is 0 Å². The SMILES string of the molecule is CCC1(CC)CC(n2cncc2CNCCOC)CCO1. The van der Waals surface area contributed by atoms with Gasteiger partial charge < -0.3 is 19.4 Å². The van der Waals surface area contributed by atoms with E-state index in [0.717, 1.165) is 52.0 Å². The van der Waals surface area contributed by atoms with Gasteiger partial charge in [0.1, 0.15) is 0 Å². The van der Waals surface area contributed by atoms with Gasteiger partial charge in [-0.2, -0.15) is 0 Å². The van der Waals surface area contributed by atoms with Gasteiger partial charge >= 0.3 is 0 Å². The van der Waals surface area contributed by atoms with Gasteiger partial charge in [0, 0.05) is 39.0 Å². The summed E-state index contributed by atoms with van der Waals surface area (Å²) in [5, 5.41) is 3.40. The van der Waals surface area contributed by atoms with Crippen LogP contribution in [0.4, 0.5) is 0 Å². The first kappa shape index (κ1) is 16.5. The van der Waals surface area contributed by atoms with Crippen LogP contribution in [-0.2, 0) is 16.0 Å². The molecule has 0 aromatic carbocycles. The van der Waals surface area contributed by atoms with Gasteiger partial charge in [-0.05, 0) is 25.7 Å². The average molecular weight is 295 g/mol. The van der Waals surface area contributed by atoms with E-state index in [1.807, 2.05) is 12.5 Å². The summed E-state index contributed by atoms with van der Waals surface area (Å²) in [4.78, 5) is 4.35. The number of nitrogens with one attached hydrogen (secondary N) is 1. The molecule has 1 unspecified atom stereocenters. The van der Waals surface area contributed by atoms with Crippen molar-refractivity contribution in [1.82, 2.24) is 14.9 Å². The van der Waals surface area contributed by atoms with Crippen LogP contribution in [0.15, 0.2) is 12.5 Å². The van der Waals surface area contributed by atoms with Crippen LogP contribution in [0.1, 0.15) is 51.3 Å². The number of nitrogens with zero attached hydrogens (tertiary/aromatic N) is 2. The van der Waals surface area contributed by atoms with Gasteiger partial charge in [-0.25, -0.2) is 4.98 Å². The van der Waals surface area contributed by atoms with Gasteiger partial charge in [-0.3, -0.25) is 0 Å². The second kappa shape index (κ2) is 7.92. The van der Waals surface area contributed by atoms with E-state index < -0.39 is 0 Å². The van der Waals surface area contributed by atoms with Crippen LogP contribution < -0.4 is 5.32 Å². The number of hydrogen-bond acceptors (Lipinski definition) is 4. The van der Waals surface area contributed by atoms with Gasteiger partial charge in [0.15, 0.2) is 0 Å². The van der Waals surface area contributed by atoms with Crippen molar-refractivity contribution in [2.45, 2.75) is 57.7 Å². The second-order valence-electron chi connectivity index (χ2n) is 5.85. The topological polar surface area (TPSA) is 48.3 Å². The van der Waals surface area contributed by atoms with Gasteiger partial charge in [0.05, 0.1) is 24.2 Å². The Morgan fingerprint density at radius 3 is 3.00 bits per heavy atom. The molecule has 0 spiro atoms. The van der Waals surface area contributed by atoms with E-state index in [-0.39, 0.29) is 5.60 Å². The highest BCUT2D eigenvalue weighted by atomic mass is 16.5. The van der Waals surface area contributed by atoms with Crippen LogP contribution in [0.5, 0.6) is 0 Å². The number of imidazole rings is 1. The molecule has 1 N–H and O–H groups in total. The van der Waals surface area contributed by atoms with E-state index in [4.69, 9.17) is 9.47 Å². The molecule has 120 valence electrons. The maximum Gasteiger partial charge on any atom is 0.0951 e. The Balaban J connectivity index is 1.99. The van der Waals surface area contributed by atoms with Gasteiger partial charge in [0.25, 0.3) is 0 Å². The number of hydrogen-bond donors (Lipinski definition) is 1. The molecule has 0 aliphatic carbocycles. The minimum atomic E-state index is 0.0495. The molecule has 2 rings (SSSR count). The Labute approximate surface area is 128 Å². The zero-order valence-electron chi connectivity index (χ0n) is 13.6. The normalized spacial score (nSPS) is 21.6. The molecule has 1 aliphatic rings. The summed E-state index contributed by atoms with van der Waals surface area (Å²) in [5.41, 5.74) is 1.30. The van der Waals surface area contributed by atoms with Crippen LogP contribution >= 0.6 is 0 Å². The van der Waals surface area contributed by atoms with Crippen molar-refractivity contribution in [2.24, 2.45) is 0 Å². The third kappa shape index (κ3) is 4.05. The Kier molecular flexibility index (Phi) is 6.21. The van der Waals surface area contributed by atoms with E-state index in [1.165, 1.54) is 5.69 Å². The highest BCUT2D eigenvalue weighted by Crippen LogP contribution is 2.37. The third-order valence-corrected chi connectivity index (χ3v) is 4.68. The molecule has 5 heteroatoms. The smallest absolute Gasteiger partial charge is 0.0951 e. The summed E-state index contributed by atoms with van der Waals surface area (Å²) in [6.07, 6.45) is 8.26. The van der Waals surface area contributed by atoms with Crippen molar-refractivity contribution >= 4 is 0 Å². The predicted molar refractivity (Wildman–Crippen MR) is 83.3 cm³/mol. The van der Waals surface area contributed by atoms with Gasteiger partial charge in [0.2, 0.25) is 0 Å². The lowest BCUT2D eigenvalue weighted by Crippen LogP contribution is -2.39. The first-order valence-corrected chi connectivity index (χ1v) is 8.09. The average Bonchev–Trinajstić information content (AvgIpc) is 3.00. The predicted octanol–water partition coefficient (Wildman–Crippen LogP) is 2.53. The summed E-state index contributed by atoms with van der Waals surface area (Å²) in [6.45, 7) is 7.75. The largest absolute Gasteiger partial charge is 0.383 e. The van der Waals surface area contributed by atoms with Gasteiger partial charge in [-0.1, -0.05) is 13.8 Å². The van der Waals surface area contributed by atoms with E-state index >= 15 is 0 Å². The van der Waals surface area contributed by atoms with E-state index in [9.17, 15) is 0 Å². The Hall–Kier alpha value is -0.910. The lowest BCUT2D eigenvalue weighted by atomic mass is 9.85. The summed E-state index contributed by atoms with van der Waals surface area (Å²) >= 11 is 0. The molecule has 0 bridgehead atoms. The van der Waals surface area contributed by atoms with Crippen molar-refractivity contribution in [3.8, 4) is 0 Å². The molecule has 1 saturated heterocycles. The third-order valence-electron chi connectivity index (χ3n) is 4.68. The fourth-order valence-electron chi connectivity index (χ4n) is 3.17. The molecular formula is C16H29N3O2. The van der Waals surface area contributed by atoms with Crippen molar-refractivity contribution < 1.29 is 9.47 Å². The Morgan fingerprint density at radius 2 is 2.29 bits per heavy atom. The number of methoxy groups -OCH3 is 1. The molecule has 2 heterocycles. The summed E-state index contributed by atoms with van der Waals surface area (Å²) in [5.74, 6) is 0. The summed E-state index contributed by atoms with van der Waals surface area (Å²) in [7, 11) is 1.73. The molecule has 21 heavy (non-hydrogen) atoms. The molecule has 0 amide bonds. The Morgan fingerprint density at radius 1 is 1.48 bits per heavy atom. The Bertz CT molecular complexity index is 415. The highest BCUT2D eigenvalue weighted by Gasteiger charge is 2.35. The zero-order valence-corrected chi connectivity index (χ0v) is 13.6. The van der Waals surface area contributed by atoms with Crippen molar-refractivity contribution in [2.75, 3.05) is 26.9 Å². The maximum absolute atomic E-state index is 6.08. The van der Waals surface area contributed by atoms with Crippen LogP contribution in [-0.4, -0.2) is 42.0 Å². The number of ether oxygens (including phenoxy) is 2. The highest BCUT2D eigenvalue weighted by molar-refractivity contribution is 5.02. The fraction of sp³-hybridized carbons (Fsp3) is 0.812. The second-order valence-corrected chi connectivity index (χ2v) is 5.85. The zero-order chi connectivity index (χ0) is 15.1. The van der Waals surface area contributed by atoms with Crippen molar-refractivity contribution in [1.29, 1.82) is 0 Å². The van der Waals surface area contributed by atoms with Gasteiger partial charge in [-0.15, -0.1) is 0 Å². The monoisotopic (exact) mass is 295 g/mol. The molecule has 0 saturated carbocycles. The molecule has 1 aromatic heterocycles. The fourth-order valence-corrected chi connectivity index (χ4v) is 3.17. The molecule has 1 aromatic rings. The molecular weight excluding hydrogens is 266 g/mol. The summed E-state index contributed by atoms with van der Waals surface area (Å²) < 4.78 is 13.5. The van der Waals surface area contributed by atoms with Crippen LogP contribution in [0.25, 0.3) is 0 Å². The maximum atomic E-state index is 6.08. The summed E-state index contributed by atoms with van der Waals surface area (Å²) in [6, 6.07) is 0.500. The van der Waals surface area contributed by atoms with E-state index in [2.05, 4.69) is 28.7 Å². The van der Waals surface area contributed by atoms with E-state index in [0.29, 0.717) is 6.04 Å². The molecule has 1 aliphatic heterocycles. The lowest BCUT2D eigenvalue weighted by molar-refractivity contribution is -0.0990. The van der Waals surface area contributed by atoms with E-state index in [1.54, 1.807) is 7.11 Å². The molecule has 0 radical (unpaired) electrons. The first-order chi connectivity index (χ1) is 10.2. The van der Waals surface area contributed by atoms with Crippen LogP contribution in [0.3, 0.4) is 0 Å². The number of aromatic nitrogens is 2. The minimum Gasteiger partial charge on any atom is -0.383 e. The number of rotatable bonds is 8. The first-order valence-electron chi connectivity index (χ1n) is 8.09. The lowest BCUT2D eigenvalue weighted by Gasteiger charge is -2.40. The molecule has 1 fully saturated rings. The van der Waals surface area contributed by atoms with Crippen LogP contribution in [0.2, 0.25) is 0 Å². The molecule has 1 atom stereocenters. The van der Waals surface area contributed by atoms with Crippen molar-refractivity contribution in [3.05, 3.63) is 18.2 Å².